The lowest BCUT2D eigenvalue weighted by Crippen LogP contribution is -2.39. The lowest BCUT2D eigenvalue weighted by atomic mass is 9.92. The zero-order valence-corrected chi connectivity index (χ0v) is 12.3. The Balaban J connectivity index is 2.16. The van der Waals surface area contributed by atoms with Gasteiger partial charge in [0.25, 0.3) is 0 Å². The Hall–Kier alpha value is -0.930. The summed E-state index contributed by atoms with van der Waals surface area (Å²) in [6.45, 7) is 0. The van der Waals surface area contributed by atoms with Crippen LogP contribution in [0.4, 0.5) is 4.39 Å². The van der Waals surface area contributed by atoms with Crippen molar-refractivity contribution in [1.29, 1.82) is 0 Å². The highest BCUT2D eigenvalue weighted by Gasteiger charge is 2.46. The molecule has 4 N–H and O–H groups in total. The average molecular weight is 315 g/mol. The topological polar surface area (TPSA) is 84.2 Å². The van der Waals surface area contributed by atoms with Crippen molar-refractivity contribution in [2.24, 2.45) is 11.7 Å². The number of halogens is 1. The molecule has 3 rings (SSSR count). The molecule has 2 heterocycles. The maximum absolute atomic E-state index is 13.1. The zero-order chi connectivity index (χ0) is 14.5. The fourth-order valence-electron chi connectivity index (χ4n) is 2.52. The van der Waals surface area contributed by atoms with Gasteiger partial charge in [0.2, 0.25) is 0 Å². The lowest BCUT2D eigenvalue weighted by Gasteiger charge is -2.17. The number of hydrazine groups is 1. The molecule has 0 aromatic heterocycles. The first-order valence-electron chi connectivity index (χ1n) is 6.01. The van der Waals surface area contributed by atoms with Crippen molar-refractivity contribution >= 4 is 27.2 Å². The molecule has 2 aliphatic heterocycles. The van der Waals surface area contributed by atoms with Crippen LogP contribution in [-0.4, -0.2) is 26.2 Å². The summed E-state index contributed by atoms with van der Waals surface area (Å²) in [6, 6.07) is 5.82. The van der Waals surface area contributed by atoms with Crippen molar-refractivity contribution in [2.75, 3.05) is 6.26 Å². The van der Waals surface area contributed by atoms with Gasteiger partial charge < -0.3 is 5.73 Å². The number of fused-ring (bicyclic) bond motifs is 1. The molecule has 0 bridgehead atoms. The van der Waals surface area contributed by atoms with Crippen LogP contribution in [-0.2, 0) is 9.84 Å². The number of nitrogens with two attached hydrogens (primary N) is 1. The molecule has 0 spiro atoms. The van der Waals surface area contributed by atoms with Crippen molar-refractivity contribution in [3.05, 3.63) is 39.9 Å². The average Bonchev–Trinajstić information content (AvgIpc) is 2.91. The third-order valence-electron chi connectivity index (χ3n) is 3.38. The quantitative estimate of drug-likeness (QED) is 0.742. The summed E-state index contributed by atoms with van der Waals surface area (Å²) in [5.74, 6) is -0.528. The number of sulfone groups is 1. The number of hydrogen-bond acceptors (Lipinski definition) is 6. The van der Waals surface area contributed by atoms with Crippen LogP contribution in [0.25, 0.3) is 5.57 Å². The van der Waals surface area contributed by atoms with E-state index >= 15 is 0 Å². The number of benzene rings is 1. The molecule has 0 amide bonds. The molecule has 8 heteroatoms. The van der Waals surface area contributed by atoms with Gasteiger partial charge in [-0.05, 0) is 23.3 Å². The van der Waals surface area contributed by atoms with E-state index in [0.717, 1.165) is 0 Å². The monoisotopic (exact) mass is 315 g/mol. The van der Waals surface area contributed by atoms with E-state index in [4.69, 9.17) is 5.73 Å². The summed E-state index contributed by atoms with van der Waals surface area (Å²) in [6.07, 6.45) is 0.797. The smallest absolute Gasteiger partial charge is 0.181 e. The van der Waals surface area contributed by atoms with E-state index in [-0.39, 0.29) is 23.3 Å². The molecular weight excluding hydrogens is 301 g/mol. The Labute approximate surface area is 120 Å². The number of rotatable bonds is 2. The van der Waals surface area contributed by atoms with Crippen LogP contribution in [0.15, 0.2) is 28.5 Å². The highest BCUT2D eigenvalue weighted by molar-refractivity contribution is 8.19. The van der Waals surface area contributed by atoms with Gasteiger partial charge in [-0.1, -0.05) is 23.9 Å². The van der Waals surface area contributed by atoms with Crippen molar-refractivity contribution in [3.63, 3.8) is 0 Å². The van der Waals surface area contributed by atoms with Crippen molar-refractivity contribution in [2.45, 2.75) is 11.5 Å². The molecule has 1 saturated heterocycles. The highest BCUT2D eigenvalue weighted by Crippen LogP contribution is 2.50. The van der Waals surface area contributed by atoms with Crippen molar-refractivity contribution in [1.82, 2.24) is 10.9 Å². The molecule has 5 nitrogen and oxygen atoms in total. The summed E-state index contributed by atoms with van der Waals surface area (Å²) >= 11 is 1.24. The Morgan fingerprint density at radius 1 is 1.25 bits per heavy atom. The van der Waals surface area contributed by atoms with Crippen LogP contribution in [0.1, 0.15) is 5.56 Å². The van der Waals surface area contributed by atoms with Crippen LogP contribution >= 0.6 is 11.8 Å². The third kappa shape index (κ3) is 2.27. The fraction of sp³-hybridized carbons (Fsp3) is 0.333. The van der Waals surface area contributed by atoms with E-state index in [1.165, 1.54) is 30.2 Å². The second-order valence-corrected chi connectivity index (χ2v) is 8.22. The first-order chi connectivity index (χ1) is 9.38. The molecule has 0 saturated carbocycles. The highest BCUT2D eigenvalue weighted by atomic mass is 32.3. The van der Waals surface area contributed by atoms with Gasteiger partial charge in [-0.25, -0.2) is 23.7 Å². The van der Waals surface area contributed by atoms with E-state index in [1.807, 2.05) is 0 Å². The largest absolute Gasteiger partial charge is 0.314 e. The van der Waals surface area contributed by atoms with Crippen LogP contribution in [0.2, 0.25) is 0 Å². The van der Waals surface area contributed by atoms with Gasteiger partial charge in [0.15, 0.2) is 9.84 Å². The van der Waals surface area contributed by atoms with Gasteiger partial charge in [0.1, 0.15) is 10.1 Å². The SMILES string of the molecule is CS(=O)(=O)C1=C(c2ccc(F)cc2)C2C(N)NNC2S1. The third-order valence-corrected chi connectivity index (χ3v) is 6.57. The lowest BCUT2D eigenvalue weighted by molar-refractivity contribution is 0.539. The van der Waals surface area contributed by atoms with E-state index < -0.39 is 9.84 Å². The molecule has 3 atom stereocenters. The minimum Gasteiger partial charge on any atom is -0.314 e. The van der Waals surface area contributed by atoms with Crippen molar-refractivity contribution < 1.29 is 12.8 Å². The summed E-state index contributed by atoms with van der Waals surface area (Å²) in [5, 5.41) is -0.130. The molecule has 0 aliphatic carbocycles. The van der Waals surface area contributed by atoms with E-state index in [2.05, 4.69) is 10.9 Å². The molecular formula is C12H14FN3O2S2. The Bertz CT molecular complexity index is 672. The molecule has 1 aromatic rings. The van der Waals surface area contributed by atoms with Crippen LogP contribution in [0.3, 0.4) is 0 Å². The first-order valence-corrected chi connectivity index (χ1v) is 8.78. The molecule has 108 valence electrons. The second-order valence-electron chi connectivity index (χ2n) is 4.86. The van der Waals surface area contributed by atoms with E-state index in [9.17, 15) is 12.8 Å². The molecule has 1 fully saturated rings. The Morgan fingerprint density at radius 3 is 2.50 bits per heavy atom. The Morgan fingerprint density at radius 2 is 1.90 bits per heavy atom. The summed E-state index contributed by atoms with van der Waals surface area (Å²) in [5.41, 5.74) is 13.2. The molecule has 0 radical (unpaired) electrons. The summed E-state index contributed by atoms with van der Waals surface area (Å²) in [4.78, 5) is 0. The number of nitrogens with one attached hydrogen (secondary N) is 2. The maximum atomic E-state index is 13.1. The predicted octanol–water partition coefficient (Wildman–Crippen LogP) is 0.621. The van der Waals surface area contributed by atoms with Gasteiger partial charge in [0, 0.05) is 12.2 Å². The second kappa shape index (κ2) is 4.81. The van der Waals surface area contributed by atoms with Gasteiger partial charge >= 0.3 is 0 Å². The zero-order valence-electron chi connectivity index (χ0n) is 10.6. The predicted molar refractivity (Wildman–Crippen MR) is 77.3 cm³/mol. The van der Waals surface area contributed by atoms with Crippen LogP contribution in [0, 0.1) is 11.7 Å². The van der Waals surface area contributed by atoms with Gasteiger partial charge in [0.05, 0.1) is 11.5 Å². The fourth-order valence-corrected chi connectivity index (χ4v) is 5.38. The van der Waals surface area contributed by atoms with E-state index in [0.29, 0.717) is 15.4 Å². The minimum atomic E-state index is -3.35. The number of thioether (sulfide) groups is 1. The molecule has 3 unspecified atom stereocenters. The number of hydrogen-bond donors (Lipinski definition) is 3. The van der Waals surface area contributed by atoms with Gasteiger partial charge in [-0.15, -0.1) is 0 Å². The normalized spacial score (nSPS) is 29.9. The van der Waals surface area contributed by atoms with Gasteiger partial charge in [-0.2, -0.15) is 0 Å². The molecule has 20 heavy (non-hydrogen) atoms. The molecule has 1 aromatic carbocycles. The summed E-state index contributed by atoms with van der Waals surface area (Å²) in [7, 11) is -3.35. The van der Waals surface area contributed by atoms with E-state index in [1.54, 1.807) is 12.1 Å². The maximum Gasteiger partial charge on any atom is 0.181 e. The van der Waals surface area contributed by atoms with Crippen molar-refractivity contribution in [3.8, 4) is 0 Å². The van der Waals surface area contributed by atoms with Crippen LogP contribution in [0.5, 0.6) is 0 Å². The summed E-state index contributed by atoms with van der Waals surface area (Å²) < 4.78 is 37.3. The first kappa shape index (κ1) is 14.0. The Kier molecular flexibility index (Phi) is 3.38. The van der Waals surface area contributed by atoms with Gasteiger partial charge in [-0.3, -0.25) is 0 Å². The standard InChI is InChI=1S/C12H14FN3O2S2/c1-20(17,18)12-8(6-2-4-7(13)5-3-6)9-10(14)15-16-11(9)19-12/h2-5,9-11,15-16H,14H2,1H3. The van der Waals surface area contributed by atoms with Crippen LogP contribution < -0.4 is 16.6 Å². The minimum absolute atomic E-state index is 0.130. The molecule has 2 aliphatic rings.